The highest BCUT2D eigenvalue weighted by Gasteiger charge is 2.52. The zero-order chi connectivity index (χ0) is 14.3. The maximum atomic E-state index is 6.43. The molecule has 1 aliphatic carbocycles. The van der Waals surface area contributed by atoms with Crippen LogP contribution in [0.4, 0.5) is 0 Å². The van der Waals surface area contributed by atoms with E-state index >= 15 is 0 Å². The fraction of sp³-hybridized carbons (Fsp3) is 0.562. The van der Waals surface area contributed by atoms with Crippen molar-refractivity contribution in [3.05, 3.63) is 35.2 Å². The molecule has 108 valence electrons. The summed E-state index contributed by atoms with van der Waals surface area (Å²) < 4.78 is 2.16. The molecule has 3 rings (SSSR count). The molecule has 0 spiro atoms. The highest BCUT2D eigenvalue weighted by molar-refractivity contribution is 6.30. The Labute approximate surface area is 125 Å². The maximum Gasteiger partial charge on any atom is 0.151 e. The minimum Gasteiger partial charge on any atom is -0.314 e. The van der Waals surface area contributed by atoms with Crippen LogP contribution in [0.1, 0.15) is 45.2 Å². The number of aromatic nitrogens is 2. The summed E-state index contributed by atoms with van der Waals surface area (Å²) in [4.78, 5) is 4.49. The van der Waals surface area contributed by atoms with Crippen molar-refractivity contribution in [1.29, 1.82) is 0 Å². The summed E-state index contributed by atoms with van der Waals surface area (Å²) >= 11 is 6.43. The van der Waals surface area contributed by atoms with Gasteiger partial charge in [-0.2, -0.15) is 0 Å². The summed E-state index contributed by atoms with van der Waals surface area (Å²) in [6, 6.07) is 6.63. The largest absolute Gasteiger partial charge is 0.314 e. The van der Waals surface area contributed by atoms with E-state index < -0.39 is 0 Å². The number of imidazole rings is 1. The van der Waals surface area contributed by atoms with Gasteiger partial charge in [-0.15, -0.1) is 0 Å². The number of hydrogen-bond donors (Lipinski definition) is 1. The summed E-state index contributed by atoms with van der Waals surface area (Å²) in [5.74, 6) is 0.474. The lowest BCUT2D eigenvalue weighted by Gasteiger charge is -2.54. The van der Waals surface area contributed by atoms with E-state index in [2.05, 4.69) is 41.7 Å². The van der Waals surface area contributed by atoms with Gasteiger partial charge >= 0.3 is 0 Å². The Morgan fingerprint density at radius 1 is 1.45 bits per heavy atom. The molecular formula is C16H22ClN3. The molecule has 2 aromatic heterocycles. The van der Waals surface area contributed by atoms with Crippen molar-refractivity contribution >= 4 is 17.2 Å². The van der Waals surface area contributed by atoms with Gasteiger partial charge in [0.05, 0.1) is 5.69 Å². The van der Waals surface area contributed by atoms with Crippen molar-refractivity contribution in [2.75, 3.05) is 6.54 Å². The van der Waals surface area contributed by atoms with E-state index in [1.807, 2.05) is 18.2 Å². The van der Waals surface area contributed by atoms with E-state index in [0.29, 0.717) is 17.1 Å². The van der Waals surface area contributed by atoms with Crippen LogP contribution in [0.3, 0.4) is 0 Å². The van der Waals surface area contributed by atoms with Gasteiger partial charge in [0.15, 0.2) is 5.15 Å². The average molecular weight is 292 g/mol. The quantitative estimate of drug-likeness (QED) is 0.926. The second kappa shape index (κ2) is 5.05. The van der Waals surface area contributed by atoms with Crippen LogP contribution in [0.5, 0.6) is 0 Å². The van der Waals surface area contributed by atoms with Crippen LogP contribution >= 0.6 is 11.6 Å². The van der Waals surface area contributed by atoms with Gasteiger partial charge in [-0.1, -0.05) is 38.4 Å². The van der Waals surface area contributed by atoms with Crippen LogP contribution in [-0.2, 0) is 0 Å². The SMILES string of the molecule is CCNC1CC(c2c(Cl)nc3ccccn23)C1(C)CC. The van der Waals surface area contributed by atoms with E-state index in [1.54, 1.807) is 0 Å². The first-order chi connectivity index (χ1) is 9.61. The van der Waals surface area contributed by atoms with Crippen LogP contribution in [0.15, 0.2) is 24.4 Å². The van der Waals surface area contributed by atoms with Gasteiger partial charge in [0.25, 0.3) is 0 Å². The molecule has 1 fully saturated rings. The molecule has 0 amide bonds. The predicted molar refractivity (Wildman–Crippen MR) is 83.4 cm³/mol. The number of hydrogen-bond acceptors (Lipinski definition) is 2. The molecule has 1 saturated carbocycles. The van der Waals surface area contributed by atoms with Crippen LogP contribution in [0.2, 0.25) is 5.15 Å². The molecule has 0 aromatic carbocycles. The fourth-order valence-electron chi connectivity index (χ4n) is 3.63. The maximum absolute atomic E-state index is 6.43. The van der Waals surface area contributed by atoms with Gasteiger partial charge in [0.2, 0.25) is 0 Å². The lowest BCUT2D eigenvalue weighted by atomic mass is 9.55. The first kappa shape index (κ1) is 13.9. The molecule has 3 unspecified atom stereocenters. The fourth-order valence-corrected chi connectivity index (χ4v) is 3.94. The Hall–Kier alpha value is -1.06. The Balaban J connectivity index is 2.02. The number of fused-ring (bicyclic) bond motifs is 1. The molecule has 3 atom stereocenters. The van der Waals surface area contributed by atoms with Gasteiger partial charge < -0.3 is 9.72 Å². The number of nitrogens with one attached hydrogen (secondary N) is 1. The Morgan fingerprint density at radius 3 is 2.95 bits per heavy atom. The van der Waals surface area contributed by atoms with Gasteiger partial charge in [0.1, 0.15) is 5.65 Å². The summed E-state index contributed by atoms with van der Waals surface area (Å²) in [6.45, 7) is 7.83. The Kier molecular flexibility index (Phi) is 3.51. The molecular weight excluding hydrogens is 270 g/mol. The molecule has 1 aliphatic rings. The molecule has 0 saturated heterocycles. The van der Waals surface area contributed by atoms with E-state index in [4.69, 9.17) is 11.6 Å². The molecule has 20 heavy (non-hydrogen) atoms. The number of halogens is 1. The lowest BCUT2D eigenvalue weighted by Crippen LogP contribution is -2.57. The van der Waals surface area contributed by atoms with Crippen LogP contribution in [0, 0.1) is 5.41 Å². The standard InChI is InChI=1S/C16H22ClN3/c1-4-16(3)11(10-12(16)18-5-2)14-15(17)19-13-8-6-7-9-20(13)14/h6-9,11-12,18H,4-5,10H2,1-3H3. The van der Waals surface area contributed by atoms with Crippen molar-refractivity contribution in [3.63, 3.8) is 0 Å². The molecule has 2 aromatic rings. The first-order valence-electron chi connectivity index (χ1n) is 7.47. The van der Waals surface area contributed by atoms with Gasteiger partial charge in [-0.05, 0) is 36.9 Å². The van der Waals surface area contributed by atoms with E-state index in [0.717, 1.165) is 25.0 Å². The zero-order valence-corrected chi connectivity index (χ0v) is 13.1. The topological polar surface area (TPSA) is 29.3 Å². The van der Waals surface area contributed by atoms with Crippen LogP contribution in [-0.4, -0.2) is 22.0 Å². The summed E-state index contributed by atoms with van der Waals surface area (Å²) in [5, 5.41) is 4.27. The molecule has 3 nitrogen and oxygen atoms in total. The number of pyridine rings is 1. The monoisotopic (exact) mass is 291 g/mol. The summed E-state index contributed by atoms with van der Waals surface area (Å²) in [6.07, 6.45) is 4.35. The van der Waals surface area contributed by atoms with Crippen molar-refractivity contribution in [3.8, 4) is 0 Å². The third-order valence-corrected chi connectivity index (χ3v) is 5.41. The van der Waals surface area contributed by atoms with Crippen LogP contribution in [0.25, 0.3) is 5.65 Å². The second-order valence-corrected chi connectivity index (χ2v) is 6.33. The van der Waals surface area contributed by atoms with E-state index in [-0.39, 0.29) is 5.41 Å². The van der Waals surface area contributed by atoms with E-state index in [1.165, 1.54) is 5.69 Å². The van der Waals surface area contributed by atoms with Crippen molar-refractivity contribution < 1.29 is 0 Å². The highest BCUT2D eigenvalue weighted by atomic mass is 35.5. The van der Waals surface area contributed by atoms with Crippen molar-refractivity contribution in [2.24, 2.45) is 5.41 Å². The smallest absolute Gasteiger partial charge is 0.151 e. The third-order valence-electron chi connectivity index (χ3n) is 5.13. The third kappa shape index (κ3) is 1.87. The molecule has 4 heteroatoms. The molecule has 0 bridgehead atoms. The van der Waals surface area contributed by atoms with Crippen molar-refractivity contribution in [1.82, 2.24) is 14.7 Å². The van der Waals surface area contributed by atoms with E-state index in [9.17, 15) is 0 Å². The molecule has 2 heterocycles. The summed E-state index contributed by atoms with van der Waals surface area (Å²) in [7, 11) is 0. The Bertz CT molecular complexity index is 621. The minimum atomic E-state index is 0.255. The minimum absolute atomic E-state index is 0.255. The molecule has 0 radical (unpaired) electrons. The highest BCUT2D eigenvalue weighted by Crippen LogP contribution is 2.56. The molecule has 1 N–H and O–H groups in total. The first-order valence-corrected chi connectivity index (χ1v) is 7.85. The van der Waals surface area contributed by atoms with Gasteiger partial charge in [-0.25, -0.2) is 4.98 Å². The van der Waals surface area contributed by atoms with Crippen LogP contribution < -0.4 is 5.32 Å². The normalized spacial score (nSPS) is 29.6. The zero-order valence-electron chi connectivity index (χ0n) is 12.4. The van der Waals surface area contributed by atoms with Gasteiger partial charge in [0, 0.05) is 18.2 Å². The van der Waals surface area contributed by atoms with Gasteiger partial charge in [-0.3, -0.25) is 0 Å². The Morgan fingerprint density at radius 2 is 2.25 bits per heavy atom. The molecule has 0 aliphatic heterocycles. The average Bonchev–Trinajstić information content (AvgIpc) is 2.78. The number of rotatable bonds is 4. The second-order valence-electron chi connectivity index (χ2n) is 5.97. The summed E-state index contributed by atoms with van der Waals surface area (Å²) in [5.41, 5.74) is 2.38. The predicted octanol–water partition coefficient (Wildman–Crippen LogP) is 3.87. The lowest BCUT2D eigenvalue weighted by molar-refractivity contribution is 0.0427. The van der Waals surface area contributed by atoms with Crippen molar-refractivity contribution in [2.45, 2.75) is 45.6 Å². The number of nitrogens with zero attached hydrogens (tertiary/aromatic N) is 2.